The summed E-state index contributed by atoms with van der Waals surface area (Å²) in [4.78, 5) is 12.3. The van der Waals surface area contributed by atoms with Crippen LogP contribution in [0.2, 0.25) is 0 Å². The summed E-state index contributed by atoms with van der Waals surface area (Å²) >= 11 is 0. The molecule has 0 aromatic heterocycles. The van der Waals surface area contributed by atoms with Crippen LogP contribution >= 0.6 is 0 Å². The minimum absolute atomic E-state index is 0.116. The van der Waals surface area contributed by atoms with Gasteiger partial charge < -0.3 is 5.32 Å². The van der Waals surface area contributed by atoms with Gasteiger partial charge in [0.15, 0.2) is 0 Å². The number of amides is 1. The van der Waals surface area contributed by atoms with Crippen molar-refractivity contribution in [3.05, 3.63) is 34.9 Å². The number of nitrogens with one attached hydrogen (secondary N) is 1. The van der Waals surface area contributed by atoms with Crippen LogP contribution in [0.25, 0.3) is 0 Å². The largest absolute Gasteiger partial charge is 0.349 e. The van der Waals surface area contributed by atoms with Crippen molar-refractivity contribution in [2.24, 2.45) is 11.8 Å². The highest BCUT2D eigenvalue weighted by Crippen LogP contribution is 2.44. The summed E-state index contributed by atoms with van der Waals surface area (Å²) in [5.41, 5.74) is 3.13. The van der Waals surface area contributed by atoms with Gasteiger partial charge in [-0.15, -0.1) is 0 Å². The van der Waals surface area contributed by atoms with Crippen molar-refractivity contribution >= 4 is 5.91 Å². The molecular formula is C16H21NO. The molecule has 0 saturated heterocycles. The summed E-state index contributed by atoms with van der Waals surface area (Å²) in [6.07, 6.45) is 5.21. The van der Waals surface area contributed by atoms with Crippen LogP contribution < -0.4 is 5.32 Å². The Labute approximate surface area is 109 Å². The maximum absolute atomic E-state index is 12.3. The maximum atomic E-state index is 12.3. The zero-order valence-corrected chi connectivity index (χ0v) is 11.2. The van der Waals surface area contributed by atoms with Crippen LogP contribution in [-0.4, -0.2) is 11.9 Å². The molecule has 0 heterocycles. The average molecular weight is 243 g/mol. The van der Waals surface area contributed by atoms with Crippen LogP contribution in [0, 0.1) is 25.7 Å². The van der Waals surface area contributed by atoms with Gasteiger partial charge in [-0.05, 0) is 56.6 Å². The van der Waals surface area contributed by atoms with Crippen LogP contribution in [0.3, 0.4) is 0 Å². The van der Waals surface area contributed by atoms with E-state index in [0.717, 1.165) is 23.0 Å². The smallest absolute Gasteiger partial charge is 0.251 e. The van der Waals surface area contributed by atoms with Gasteiger partial charge in [0.2, 0.25) is 0 Å². The lowest BCUT2D eigenvalue weighted by Gasteiger charge is -2.23. The number of rotatable bonds is 2. The first kappa shape index (κ1) is 11.8. The van der Waals surface area contributed by atoms with Crippen molar-refractivity contribution in [2.75, 3.05) is 0 Å². The van der Waals surface area contributed by atoms with E-state index >= 15 is 0 Å². The van der Waals surface area contributed by atoms with E-state index in [4.69, 9.17) is 0 Å². The summed E-state index contributed by atoms with van der Waals surface area (Å²) in [5.74, 6) is 1.73. The Balaban J connectivity index is 1.71. The molecular weight excluding hydrogens is 222 g/mol. The predicted octanol–water partition coefficient (Wildman–Crippen LogP) is 3.22. The Morgan fingerprint density at radius 1 is 1.22 bits per heavy atom. The molecule has 2 saturated carbocycles. The Morgan fingerprint density at radius 3 is 2.67 bits per heavy atom. The number of carbonyl (C=O) groups excluding carboxylic acids is 1. The highest BCUT2D eigenvalue weighted by atomic mass is 16.1. The van der Waals surface area contributed by atoms with Crippen LogP contribution in [0.15, 0.2) is 18.2 Å². The van der Waals surface area contributed by atoms with Gasteiger partial charge in [-0.1, -0.05) is 24.1 Å². The van der Waals surface area contributed by atoms with Gasteiger partial charge in [0.1, 0.15) is 0 Å². The monoisotopic (exact) mass is 243 g/mol. The second-order valence-electron chi connectivity index (χ2n) is 6.07. The predicted molar refractivity (Wildman–Crippen MR) is 72.6 cm³/mol. The van der Waals surface area contributed by atoms with Crippen LogP contribution in [-0.2, 0) is 0 Å². The van der Waals surface area contributed by atoms with Crippen molar-refractivity contribution in [2.45, 2.75) is 45.6 Å². The third-order valence-electron chi connectivity index (χ3n) is 4.68. The molecule has 0 aliphatic heterocycles. The quantitative estimate of drug-likeness (QED) is 0.849. The van der Waals surface area contributed by atoms with Crippen molar-refractivity contribution in [1.29, 1.82) is 0 Å². The van der Waals surface area contributed by atoms with Crippen molar-refractivity contribution in [1.82, 2.24) is 5.32 Å². The molecule has 2 aliphatic carbocycles. The Kier molecular flexibility index (Phi) is 2.89. The van der Waals surface area contributed by atoms with Gasteiger partial charge in [0.05, 0.1) is 0 Å². The minimum atomic E-state index is 0.116. The van der Waals surface area contributed by atoms with E-state index in [1.54, 1.807) is 0 Å². The van der Waals surface area contributed by atoms with Gasteiger partial charge in [0, 0.05) is 11.6 Å². The SMILES string of the molecule is Cc1ccc(C(=O)N[C@H]2C[C@@H]3CC[C@@H]2C3)c(C)c1. The fraction of sp³-hybridized carbons (Fsp3) is 0.562. The molecule has 0 unspecified atom stereocenters. The first-order valence-electron chi connectivity index (χ1n) is 7.01. The van der Waals surface area contributed by atoms with Gasteiger partial charge >= 0.3 is 0 Å². The van der Waals surface area contributed by atoms with Gasteiger partial charge in [-0.25, -0.2) is 0 Å². The number of hydrogen-bond donors (Lipinski definition) is 1. The van der Waals surface area contributed by atoms with E-state index in [1.807, 2.05) is 19.1 Å². The van der Waals surface area contributed by atoms with Crippen molar-refractivity contribution < 1.29 is 4.79 Å². The summed E-state index contributed by atoms with van der Waals surface area (Å²) in [6.45, 7) is 4.08. The number of fused-ring (bicyclic) bond motifs is 2. The summed E-state index contributed by atoms with van der Waals surface area (Å²) in [5, 5.41) is 3.25. The second kappa shape index (κ2) is 4.42. The molecule has 0 spiro atoms. The standard InChI is InChI=1S/C16H21NO/c1-10-3-6-14(11(2)7-10)16(18)17-15-9-12-4-5-13(15)8-12/h3,6-7,12-13,15H,4-5,8-9H2,1-2H3,(H,17,18)/t12-,13-,15+/m1/s1. The molecule has 2 fully saturated rings. The van der Waals surface area contributed by atoms with Crippen molar-refractivity contribution in [3.8, 4) is 0 Å². The van der Waals surface area contributed by atoms with E-state index in [1.165, 1.54) is 31.2 Å². The molecule has 1 N–H and O–H groups in total. The van der Waals surface area contributed by atoms with Gasteiger partial charge in [-0.2, -0.15) is 0 Å². The molecule has 2 bridgehead atoms. The van der Waals surface area contributed by atoms with Gasteiger partial charge in [0.25, 0.3) is 5.91 Å². The zero-order chi connectivity index (χ0) is 12.7. The fourth-order valence-corrected chi connectivity index (χ4v) is 3.74. The lowest BCUT2D eigenvalue weighted by Crippen LogP contribution is -2.38. The maximum Gasteiger partial charge on any atom is 0.251 e. The average Bonchev–Trinajstić information content (AvgIpc) is 2.90. The normalized spacial score (nSPS) is 29.6. The first-order valence-corrected chi connectivity index (χ1v) is 7.01. The third kappa shape index (κ3) is 2.05. The zero-order valence-electron chi connectivity index (χ0n) is 11.2. The van der Waals surface area contributed by atoms with Gasteiger partial charge in [-0.3, -0.25) is 4.79 Å². The topological polar surface area (TPSA) is 29.1 Å². The Bertz CT molecular complexity index is 480. The molecule has 3 rings (SSSR count). The lowest BCUT2D eigenvalue weighted by molar-refractivity contribution is 0.0922. The highest BCUT2D eigenvalue weighted by Gasteiger charge is 2.40. The fourth-order valence-electron chi connectivity index (χ4n) is 3.74. The molecule has 0 radical (unpaired) electrons. The Morgan fingerprint density at radius 2 is 2.06 bits per heavy atom. The molecule has 1 amide bonds. The van der Waals surface area contributed by atoms with E-state index in [2.05, 4.69) is 18.3 Å². The number of carbonyl (C=O) groups is 1. The minimum Gasteiger partial charge on any atom is -0.349 e. The molecule has 1 aromatic rings. The summed E-state index contributed by atoms with van der Waals surface area (Å²) in [7, 11) is 0. The third-order valence-corrected chi connectivity index (χ3v) is 4.68. The van der Waals surface area contributed by atoms with E-state index in [0.29, 0.717) is 6.04 Å². The van der Waals surface area contributed by atoms with E-state index in [-0.39, 0.29) is 5.91 Å². The molecule has 18 heavy (non-hydrogen) atoms. The summed E-state index contributed by atoms with van der Waals surface area (Å²) in [6, 6.07) is 6.47. The van der Waals surface area contributed by atoms with E-state index < -0.39 is 0 Å². The number of aryl methyl sites for hydroxylation is 2. The molecule has 2 heteroatoms. The molecule has 2 aliphatic rings. The number of benzene rings is 1. The van der Waals surface area contributed by atoms with E-state index in [9.17, 15) is 4.79 Å². The molecule has 2 nitrogen and oxygen atoms in total. The second-order valence-corrected chi connectivity index (χ2v) is 6.07. The molecule has 1 aromatic carbocycles. The summed E-state index contributed by atoms with van der Waals surface area (Å²) < 4.78 is 0. The molecule has 96 valence electrons. The van der Waals surface area contributed by atoms with Crippen LogP contribution in [0.4, 0.5) is 0 Å². The first-order chi connectivity index (χ1) is 8.63. The molecule has 3 atom stereocenters. The van der Waals surface area contributed by atoms with Crippen molar-refractivity contribution in [3.63, 3.8) is 0 Å². The lowest BCUT2D eigenvalue weighted by atomic mass is 9.95. The van der Waals surface area contributed by atoms with Crippen LogP contribution in [0.5, 0.6) is 0 Å². The number of hydrogen-bond acceptors (Lipinski definition) is 1. The van der Waals surface area contributed by atoms with Crippen LogP contribution in [0.1, 0.15) is 47.2 Å². The Hall–Kier alpha value is -1.31. The highest BCUT2D eigenvalue weighted by molar-refractivity contribution is 5.95.